The van der Waals surface area contributed by atoms with Crippen LogP contribution in [-0.4, -0.2) is 27.4 Å². The fraction of sp³-hybridized carbons (Fsp3) is 0.455. The van der Waals surface area contributed by atoms with Crippen LogP contribution in [0.1, 0.15) is 33.3 Å². The monoisotopic (exact) mass is 270 g/mol. The summed E-state index contributed by atoms with van der Waals surface area (Å²) in [6.45, 7) is 7.03. The maximum Gasteiger partial charge on any atom is 0.428 e. The topological polar surface area (TPSA) is 76.5 Å². The number of hydrazone groups is 1. The summed E-state index contributed by atoms with van der Waals surface area (Å²) in [5.41, 5.74) is 2.95. The lowest BCUT2D eigenvalue weighted by atomic mass is 10.2. The molecule has 0 unspecified atom stereocenters. The van der Waals surface area contributed by atoms with Crippen molar-refractivity contribution in [2.24, 2.45) is 5.10 Å². The van der Waals surface area contributed by atoms with Crippen molar-refractivity contribution in [1.82, 2.24) is 15.4 Å². The molecule has 0 aromatic carbocycles. The molecule has 1 amide bonds. The summed E-state index contributed by atoms with van der Waals surface area (Å²) in [6, 6.07) is 0. The van der Waals surface area contributed by atoms with Gasteiger partial charge < -0.3 is 4.74 Å². The minimum atomic E-state index is -0.614. The van der Waals surface area contributed by atoms with Gasteiger partial charge in [-0.1, -0.05) is 0 Å². The molecule has 0 aliphatic rings. The van der Waals surface area contributed by atoms with Gasteiger partial charge in [0.1, 0.15) is 5.60 Å². The third kappa shape index (κ3) is 5.09. The molecular weight excluding hydrogens is 256 g/mol. The molecule has 0 radical (unpaired) electrons. The van der Waals surface area contributed by atoms with Crippen molar-refractivity contribution >= 4 is 23.4 Å². The zero-order valence-electron chi connectivity index (χ0n) is 10.7. The number of nitrogens with zero attached hydrogens (tertiary/aromatic N) is 3. The summed E-state index contributed by atoms with van der Waals surface area (Å²) < 4.78 is 5.03. The third-order valence-corrected chi connectivity index (χ3v) is 1.95. The molecule has 0 saturated carbocycles. The van der Waals surface area contributed by atoms with Gasteiger partial charge in [-0.25, -0.2) is 20.2 Å². The number of hydrogen-bond acceptors (Lipinski definition) is 5. The highest BCUT2D eigenvalue weighted by atomic mass is 35.5. The molecule has 0 atom stereocenters. The average Bonchev–Trinajstić information content (AvgIpc) is 2.24. The Morgan fingerprint density at radius 1 is 1.39 bits per heavy atom. The fourth-order valence-electron chi connectivity index (χ4n) is 0.994. The first kappa shape index (κ1) is 14.4. The minimum absolute atomic E-state index is 0.159. The van der Waals surface area contributed by atoms with Gasteiger partial charge in [0.15, 0.2) is 0 Å². The van der Waals surface area contributed by atoms with E-state index in [2.05, 4.69) is 20.5 Å². The van der Waals surface area contributed by atoms with Crippen LogP contribution in [0.3, 0.4) is 0 Å². The second kappa shape index (κ2) is 5.77. The standard InChI is InChI=1S/C11H15ClN4O2/c1-7(8-5-13-9(12)14-6-8)15-16-10(17)18-11(2,3)4/h5-6H,1-4H3,(H,16,17)/b15-7-. The highest BCUT2D eigenvalue weighted by molar-refractivity contribution is 6.28. The molecule has 0 bridgehead atoms. The lowest BCUT2D eigenvalue weighted by Crippen LogP contribution is -2.30. The summed E-state index contributed by atoms with van der Waals surface area (Å²) in [4.78, 5) is 19.0. The zero-order valence-corrected chi connectivity index (χ0v) is 11.4. The third-order valence-electron chi connectivity index (χ3n) is 1.75. The molecule has 1 aromatic rings. The van der Waals surface area contributed by atoms with Crippen LogP contribution in [-0.2, 0) is 4.74 Å². The van der Waals surface area contributed by atoms with Crippen LogP contribution in [0.15, 0.2) is 17.5 Å². The van der Waals surface area contributed by atoms with Gasteiger partial charge in [-0.15, -0.1) is 0 Å². The van der Waals surface area contributed by atoms with E-state index < -0.39 is 11.7 Å². The van der Waals surface area contributed by atoms with Crippen LogP contribution in [0, 0.1) is 0 Å². The number of hydrogen-bond donors (Lipinski definition) is 1. The lowest BCUT2D eigenvalue weighted by molar-refractivity contribution is 0.0529. The number of ether oxygens (including phenoxy) is 1. The number of carbonyl (C=O) groups is 1. The van der Waals surface area contributed by atoms with Crippen LogP contribution in [0.4, 0.5) is 4.79 Å². The van der Waals surface area contributed by atoms with E-state index in [9.17, 15) is 4.79 Å². The van der Waals surface area contributed by atoms with Gasteiger partial charge in [0, 0.05) is 18.0 Å². The van der Waals surface area contributed by atoms with E-state index in [1.54, 1.807) is 27.7 Å². The summed E-state index contributed by atoms with van der Waals surface area (Å²) in [5, 5.41) is 4.04. The Labute approximate surface area is 110 Å². The molecule has 6 nitrogen and oxygen atoms in total. The van der Waals surface area contributed by atoms with Gasteiger partial charge in [-0.3, -0.25) is 0 Å². The molecule has 1 aromatic heterocycles. The Balaban J connectivity index is 2.62. The van der Waals surface area contributed by atoms with Crippen LogP contribution >= 0.6 is 11.6 Å². The Morgan fingerprint density at radius 2 is 1.94 bits per heavy atom. The maximum atomic E-state index is 11.4. The van der Waals surface area contributed by atoms with Gasteiger partial charge >= 0.3 is 6.09 Å². The molecule has 0 fully saturated rings. The van der Waals surface area contributed by atoms with E-state index >= 15 is 0 Å². The Bertz CT molecular complexity index is 451. The van der Waals surface area contributed by atoms with Gasteiger partial charge in [0.05, 0.1) is 5.71 Å². The quantitative estimate of drug-likeness (QED) is 0.508. The number of halogens is 1. The second-order valence-electron chi connectivity index (χ2n) is 4.55. The molecule has 18 heavy (non-hydrogen) atoms. The summed E-state index contributed by atoms with van der Waals surface area (Å²) in [7, 11) is 0. The Hall–Kier alpha value is -1.69. The number of amides is 1. The highest BCUT2D eigenvalue weighted by Gasteiger charge is 2.15. The largest absolute Gasteiger partial charge is 0.443 e. The van der Waals surface area contributed by atoms with Crippen molar-refractivity contribution < 1.29 is 9.53 Å². The molecule has 0 aliphatic carbocycles. The maximum absolute atomic E-state index is 11.4. The van der Waals surface area contributed by atoms with E-state index in [1.165, 1.54) is 12.4 Å². The van der Waals surface area contributed by atoms with Gasteiger partial charge in [-0.2, -0.15) is 5.10 Å². The molecule has 0 spiro atoms. The van der Waals surface area contributed by atoms with Crippen LogP contribution in [0.2, 0.25) is 5.28 Å². The van der Waals surface area contributed by atoms with E-state index in [4.69, 9.17) is 16.3 Å². The first-order valence-electron chi connectivity index (χ1n) is 5.29. The number of aromatic nitrogens is 2. The number of rotatable bonds is 2. The first-order chi connectivity index (χ1) is 8.28. The molecule has 1 heterocycles. The zero-order chi connectivity index (χ0) is 13.8. The number of carbonyl (C=O) groups excluding carboxylic acids is 1. The predicted molar refractivity (Wildman–Crippen MR) is 68.6 cm³/mol. The molecule has 1 rings (SSSR count). The van der Waals surface area contributed by atoms with Crippen molar-refractivity contribution in [2.75, 3.05) is 0 Å². The summed E-state index contributed by atoms with van der Waals surface area (Å²) in [6.07, 6.45) is 2.42. The second-order valence-corrected chi connectivity index (χ2v) is 4.89. The number of nitrogens with one attached hydrogen (secondary N) is 1. The van der Waals surface area contributed by atoms with E-state index in [0.29, 0.717) is 11.3 Å². The van der Waals surface area contributed by atoms with E-state index in [0.717, 1.165) is 0 Å². The molecular formula is C11H15ClN4O2. The lowest BCUT2D eigenvalue weighted by Gasteiger charge is -2.18. The molecule has 0 aliphatic heterocycles. The summed E-state index contributed by atoms with van der Waals surface area (Å²) in [5.74, 6) is 0. The normalized spacial score (nSPS) is 12.2. The van der Waals surface area contributed by atoms with Gasteiger partial charge in [0.25, 0.3) is 0 Å². The van der Waals surface area contributed by atoms with Crippen molar-refractivity contribution in [1.29, 1.82) is 0 Å². The van der Waals surface area contributed by atoms with Crippen molar-refractivity contribution in [3.63, 3.8) is 0 Å². The molecule has 98 valence electrons. The average molecular weight is 271 g/mol. The van der Waals surface area contributed by atoms with Crippen molar-refractivity contribution in [3.05, 3.63) is 23.2 Å². The van der Waals surface area contributed by atoms with E-state index in [-0.39, 0.29) is 5.28 Å². The van der Waals surface area contributed by atoms with Gasteiger partial charge in [0.2, 0.25) is 5.28 Å². The highest BCUT2D eigenvalue weighted by Crippen LogP contribution is 2.06. The molecule has 7 heteroatoms. The van der Waals surface area contributed by atoms with E-state index in [1.807, 2.05) is 0 Å². The minimum Gasteiger partial charge on any atom is -0.443 e. The predicted octanol–water partition coefficient (Wildman–Crippen LogP) is 2.38. The van der Waals surface area contributed by atoms with Crippen molar-refractivity contribution in [2.45, 2.75) is 33.3 Å². The smallest absolute Gasteiger partial charge is 0.428 e. The van der Waals surface area contributed by atoms with Crippen molar-refractivity contribution in [3.8, 4) is 0 Å². The van der Waals surface area contributed by atoms with Crippen LogP contribution < -0.4 is 5.43 Å². The van der Waals surface area contributed by atoms with Gasteiger partial charge in [-0.05, 0) is 39.3 Å². The SMILES string of the molecule is C/C(=N/NC(=O)OC(C)(C)C)c1cnc(Cl)nc1. The first-order valence-corrected chi connectivity index (χ1v) is 5.67. The Kier molecular flexibility index (Phi) is 4.61. The fourth-order valence-corrected chi connectivity index (χ4v) is 1.09. The van der Waals surface area contributed by atoms with Crippen LogP contribution in [0.25, 0.3) is 0 Å². The molecule has 1 N–H and O–H groups in total. The molecule has 0 saturated heterocycles. The summed E-state index contributed by atoms with van der Waals surface area (Å²) >= 11 is 5.56. The Morgan fingerprint density at radius 3 is 2.44 bits per heavy atom. The van der Waals surface area contributed by atoms with Crippen LogP contribution in [0.5, 0.6) is 0 Å².